The van der Waals surface area contributed by atoms with Crippen molar-refractivity contribution in [3.63, 3.8) is 0 Å². The summed E-state index contributed by atoms with van der Waals surface area (Å²) in [5.74, 6) is -0.740. The molecule has 21 heavy (non-hydrogen) atoms. The molecule has 0 atom stereocenters. The third-order valence-corrected chi connectivity index (χ3v) is 4.59. The normalized spacial score (nSPS) is 11.2. The first-order valence-corrected chi connectivity index (χ1v) is 7.74. The fraction of sp³-hybridized carbons (Fsp3) is 0.0714. The first kappa shape index (κ1) is 15.5. The molecule has 0 saturated carbocycles. The van der Waals surface area contributed by atoms with Gasteiger partial charge in [0, 0.05) is 11.3 Å². The lowest BCUT2D eigenvalue weighted by Crippen LogP contribution is -2.13. The highest BCUT2D eigenvalue weighted by molar-refractivity contribution is 7.92. The van der Waals surface area contributed by atoms with E-state index in [1.165, 1.54) is 31.2 Å². The summed E-state index contributed by atoms with van der Waals surface area (Å²) >= 11 is 5.74. The lowest BCUT2D eigenvalue weighted by Gasteiger charge is -2.09. The van der Waals surface area contributed by atoms with E-state index in [4.69, 9.17) is 11.6 Å². The molecule has 1 N–H and O–H groups in total. The Morgan fingerprint density at radius 3 is 2.29 bits per heavy atom. The molecule has 0 fully saturated rings. The molecule has 2 rings (SSSR count). The molecule has 0 heterocycles. The van der Waals surface area contributed by atoms with E-state index >= 15 is 0 Å². The second kappa shape index (κ2) is 5.83. The minimum absolute atomic E-state index is 0.119. The van der Waals surface area contributed by atoms with Crippen LogP contribution in [-0.2, 0) is 10.0 Å². The van der Waals surface area contributed by atoms with E-state index in [1.807, 2.05) is 0 Å². The highest BCUT2D eigenvalue weighted by atomic mass is 35.5. The molecule has 2 aromatic carbocycles. The number of nitrogens with one attached hydrogen (secondary N) is 1. The molecule has 0 aliphatic rings. The van der Waals surface area contributed by atoms with Gasteiger partial charge in [0.15, 0.2) is 5.78 Å². The number of hydrogen-bond acceptors (Lipinski definition) is 3. The van der Waals surface area contributed by atoms with Crippen LogP contribution in [0.3, 0.4) is 0 Å². The first-order chi connectivity index (χ1) is 9.79. The summed E-state index contributed by atoms with van der Waals surface area (Å²) in [5.41, 5.74) is 0.748. The molecular weight excluding hydrogens is 317 g/mol. The van der Waals surface area contributed by atoms with E-state index in [1.54, 1.807) is 0 Å². The Morgan fingerprint density at radius 2 is 1.76 bits per heavy atom. The summed E-state index contributed by atoms with van der Waals surface area (Å²) in [6.07, 6.45) is 0. The lowest BCUT2D eigenvalue weighted by molar-refractivity contribution is 0.101. The number of Topliss-reactive ketones (excluding diaryl/α,β-unsaturated/α-hetero) is 1. The average molecular weight is 328 g/mol. The number of ketones is 1. The first-order valence-electron chi connectivity index (χ1n) is 5.88. The van der Waals surface area contributed by atoms with E-state index < -0.39 is 15.8 Å². The van der Waals surface area contributed by atoms with Gasteiger partial charge in [0.25, 0.3) is 10.0 Å². The Balaban J connectivity index is 2.30. The monoisotopic (exact) mass is 327 g/mol. The summed E-state index contributed by atoms with van der Waals surface area (Å²) in [6.45, 7) is 1.41. The van der Waals surface area contributed by atoms with Crippen LogP contribution in [0.4, 0.5) is 10.1 Å². The van der Waals surface area contributed by atoms with Crippen LogP contribution in [0.25, 0.3) is 0 Å². The van der Waals surface area contributed by atoms with Crippen molar-refractivity contribution >= 4 is 33.1 Å². The van der Waals surface area contributed by atoms with Crippen LogP contribution < -0.4 is 4.72 Å². The summed E-state index contributed by atoms with van der Waals surface area (Å²) < 4.78 is 39.6. The van der Waals surface area contributed by atoms with E-state index in [9.17, 15) is 17.6 Å². The van der Waals surface area contributed by atoms with Crippen molar-refractivity contribution in [3.05, 3.63) is 58.9 Å². The second-order valence-electron chi connectivity index (χ2n) is 4.31. The number of benzene rings is 2. The van der Waals surface area contributed by atoms with Gasteiger partial charge in [-0.05, 0) is 49.4 Å². The minimum atomic E-state index is -3.93. The quantitative estimate of drug-likeness (QED) is 0.874. The molecule has 0 bridgehead atoms. The molecule has 7 heteroatoms. The van der Waals surface area contributed by atoms with Gasteiger partial charge in [-0.3, -0.25) is 9.52 Å². The Morgan fingerprint density at radius 1 is 1.14 bits per heavy atom. The van der Waals surface area contributed by atoms with E-state index in [-0.39, 0.29) is 21.4 Å². The molecule has 0 radical (unpaired) electrons. The molecule has 0 amide bonds. The second-order valence-corrected chi connectivity index (χ2v) is 6.37. The molecule has 0 aliphatic heterocycles. The lowest BCUT2D eigenvalue weighted by atomic mass is 10.1. The summed E-state index contributed by atoms with van der Waals surface area (Å²) in [7, 11) is -3.93. The van der Waals surface area contributed by atoms with E-state index in [0.29, 0.717) is 5.56 Å². The maximum absolute atomic E-state index is 13.0. The molecule has 2 aromatic rings. The fourth-order valence-corrected chi connectivity index (χ4v) is 3.27. The number of carbonyl (C=O) groups is 1. The zero-order chi connectivity index (χ0) is 15.6. The van der Waals surface area contributed by atoms with Crippen molar-refractivity contribution < 1.29 is 17.6 Å². The van der Waals surface area contributed by atoms with Crippen molar-refractivity contribution in [1.29, 1.82) is 0 Å². The maximum Gasteiger partial charge on any atom is 0.263 e. The van der Waals surface area contributed by atoms with Crippen molar-refractivity contribution in [3.8, 4) is 0 Å². The Labute approximate surface area is 126 Å². The summed E-state index contributed by atoms with van der Waals surface area (Å²) in [4.78, 5) is 10.9. The van der Waals surface area contributed by atoms with Crippen molar-refractivity contribution in [2.45, 2.75) is 11.8 Å². The third kappa shape index (κ3) is 3.59. The summed E-state index contributed by atoms with van der Waals surface area (Å²) in [6, 6.07) is 8.97. The predicted octanol–water partition coefficient (Wildman–Crippen LogP) is 3.48. The fourth-order valence-electron chi connectivity index (χ4n) is 1.68. The van der Waals surface area contributed by atoms with Gasteiger partial charge in [0.1, 0.15) is 10.7 Å². The number of carbonyl (C=O) groups excluding carboxylic acids is 1. The van der Waals surface area contributed by atoms with Crippen LogP contribution in [0.15, 0.2) is 47.4 Å². The van der Waals surface area contributed by atoms with Crippen LogP contribution in [0.5, 0.6) is 0 Å². The Bertz CT molecular complexity index is 788. The maximum atomic E-state index is 13.0. The topological polar surface area (TPSA) is 63.2 Å². The van der Waals surface area contributed by atoms with Crippen molar-refractivity contribution in [2.24, 2.45) is 0 Å². The van der Waals surface area contributed by atoms with E-state index in [2.05, 4.69) is 4.72 Å². The van der Waals surface area contributed by atoms with Crippen LogP contribution >= 0.6 is 11.6 Å². The third-order valence-electron chi connectivity index (χ3n) is 2.73. The molecule has 0 spiro atoms. The highest BCUT2D eigenvalue weighted by Gasteiger charge is 2.18. The average Bonchev–Trinajstić information content (AvgIpc) is 2.38. The predicted molar refractivity (Wildman–Crippen MR) is 78.7 cm³/mol. The smallest absolute Gasteiger partial charge is 0.263 e. The van der Waals surface area contributed by atoms with Gasteiger partial charge in [-0.15, -0.1) is 0 Å². The van der Waals surface area contributed by atoms with E-state index in [0.717, 1.165) is 18.2 Å². The highest BCUT2D eigenvalue weighted by Crippen LogP contribution is 2.24. The zero-order valence-electron chi connectivity index (χ0n) is 10.9. The van der Waals surface area contributed by atoms with Gasteiger partial charge >= 0.3 is 0 Å². The minimum Gasteiger partial charge on any atom is -0.295 e. The van der Waals surface area contributed by atoms with Crippen LogP contribution in [0.2, 0.25) is 5.02 Å². The standard InChI is InChI=1S/C14H11ClFNO3S/c1-9(18)10-2-5-12(6-3-10)17-21(19,20)14-7-4-11(16)8-13(14)15/h2-8,17H,1H3. The number of rotatable bonds is 4. The van der Waals surface area contributed by atoms with Gasteiger partial charge < -0.3 is 0 Å². The summed E-state index contributed by atoms with van der Waals surface area (Å²) in [5, 5.41) is -0.206. The van der Waals surface area contributed by atoms with Crippen molar-refractivity contribution in [2.75, 3.05) is 4.72 Å². The largest absolute Gasteiger partial charge is 0.295 e. The number of halogens is 2. The zero-order valence-corrected chi connectivity index (χ0v) is 12.5. The molecular formula is C14H11ClFNO3S. The molecule has 110 valence electrons. The van der Waals surface area contributed by atoms with Crippen LogP contribution in [0.1, 0.15) is 17.3 Å². The molecule has 0 unspecified atom stereocenters. The van der Waals surface area contributed by atoms with Gasteiger partial charge in [-0.1, -0.05) is 11.6 Å². The SMILES string of the molecule is CC(=O)c1ccc(NS(=O)(=O)c2ccc(F)cc2Cl)cc1. The van der Waals surface area contributed by atoms with Crippen LogP contribution in [-0.4, -0.2) is 14.2 Å². The van der Waals surface area contributed by atoms with Crippen molar-refractivity contribution in [1.82, 2.24) is 0 Å². The van der Waals surface area contributed by atoms with Gasteiger partial charge in [-0.2, -0.15) is 0 Å². The molecule has 0 aromatic heterocycles. The number of sulfonamides is 1. The number of hydrogen-bond donors (Lipinski definition) is 1. The Kier molecular flexibility index (Phi) is 4.29. The number of anilines is 1. The molecule has 4 nitrogen and oxygen atoms in total. The van der Waals surface area contributed by atoms with Gasteiger partial charge in [0.2, 0.25) is 0 Å². The van der Waals surface area contributed by atoms with Gasteiger partial charge in [-0.25, -0.2) is 12.8 Å². The van der Waals surface area contributed by atoms with Gasteiger partial charge in [0.05, 0.1) is 5.02 Å². The molecule has 0 saturated heterocycles. The Hall–Kier alpha value is -1.92. The molecule has 0 aliphatic carbocycles. The van der Waals surface area contributed by atoms with Crippen LogP contribution in [0, 0.1) is 5.82 Å².